The fraction of sp³-hybridized carbons (Fsp3) is 0.154. The summed E-state index contributed by atoms with van der Waals surface area (Å²) in [6, 6.07) is 17.7. The first kappa shape index (κ1) is 25.7. The van der Waals surface area contributed by atoms with E-state index in [1.807, 2.05) is 43.3 Å². The van der Waals surface area contributed by atoms with Crippen LogP contribution in [0.5, 0.6) is 11.5 Å². The van der Waals surface area contributed by atoms with Gasteiger partial charge in [-0.2, -0.15) is 0 Å². The van der Waals surface area contributed by atoms with Gasteiger partial charge < -0.3 is 9.47 Å². The Hall–Kier alpha value is -2.37. The number of methoxy groups -OCH3 is 1. The third kappa shape index (κ3) is 6.25. The minimum Gasteiger partial charge on any atom is -0.493 e. The van der Waals surface area contributed by atoms with Crippen LogP contribution in [0.4, 0.5) is 10.1 Å². The number of amidine groups is 1. The van der Waals surface area contributed by atoms with Gasteiger partial charge in [-0.05, 0) is 123 Å². The summed E-state index contributed by atoms with van der Waals surface area (Å²) in [7, 11) is 1.58. The number of carbonyl (C=O) groups excluding carboxylic acids is 1. The molecule has 0 atom stereocenters. The lowest BCUT2D eigenvalue weighted by atomic mass is 10.1. The third-order valence-electron chi connectivity index (χ3n) is 5.10. The number of amides is 1. The van der Waals surface area contributed by atoms with Crippen LogP contribution < -0.4 is 9.47 Å². The third-order valence-corrected chi connectivity index (χ3v) is 7.42. The van der Waals surface area contributed by atoms with Crippen molar-refractivity contribution in [2.45, 2.75) is 13.5 Å². The molecule has 5 nitrogen and oxygen atoms in total. The maximum absolute atomic E-state index is 13.2. The molecule has 9 heteroatoms. The summed E-state index contributed by atoms with van der Waals surface area (Å²) < 4.78 is 26.7. The Morgan fingerprint density at radius 2 is 1.86 bits per heavy atom. The van der Waals surface area contributed by atoms with E-state index in [2.05, 4.69) is 43.5 Å². The van der Waals surface area contributed by atoms with Crippen molar-refractivity contribution in [1.82, 2.24) is 4.90 Å². The van der Waals surface area contributed by atoms with Crippen LogP contribution in [-0.4, -0.2) is 29.6 Å². The molecular weight excluding hydrogens is 646 g/mol. The van der Waals surface area contributed by atoms with E-state index in [1.54, 1.807) is 30.2 Å². The molecule has 1 fully saturated rings. The van der Waals surface area contributed by atoms with Crippen molar-refractivity contribution < 1.29 is 18.7 Å². The second kappa shape index (κ2) is 11.6. The Labute approximate surface area is 229 Å². The Morgan fingerprint density at radius 1 is 1.14 bits per heavy atom. The number of halogens is 3. The molecule has 3 aromatic carbocycles. The van der Waals surface area contributed by atoms with Gasteiger partial charge in [0.2, 0.25) is 0 Å². The van der Waals surface area contributed by atoms with Crippen LogP contribution in [0.1, 0.15) is 18.1 Å². The Bertz CT molecular complexity index is 1300. The molecule has 0 aliphatic carbocycles. The van der Waals surface area contributed by atoms with E-state index >= 15 is 0 Å². The number of benzene rings is 3. The summed E-state index contributed by atoms with van der Waals surface area (Å²) >= 11 is 7.13. The highest BCUT2D eigenvalue weighted by atomic mass is 127. The number of thioether (sulfide) groups is 1. The Kier molecular flexibility index (Phi) is 8.51. The van der Waals surface area contributed by atoms with Gasteiger partial charge in [-0.1, -0.05) is 12.1 Å². The molecule has 0 radical (unpaired) electrons. The van der Waals surface area contributed by atoms with Gasteiger partial charge in [0.15, 0.2) is 16.7 Å². The van der Waals surface area contributed by atoms with Crippen molar-refractivity contribution in [3.8, 4) is 11.5 Å². The van der Waals surface area contributed by atoms with Crippen LogP contribution in [0.2, 0.25) is 0 Å². The lowest BCUT2D eigenvalue weighted by Crippen LogP contribution is -2.28. The van der Waals surface area contributed by atoms with Crippen LogP contribution in [0, 0.1) is 9.39 Å². The van der Waals surface area contributed by atoms with Crippen molar-refractivity contribution in [2.75, 3.05) is 13.7 Å². The van der Waals surface area contributed by atoms with Crippen molar-refractivity contribution in [3.05, 3.63) is 90.6 Å². The van der Waals surface area contributed by atoms with Crippen LogP contribution in [0.25, 0.3) is 6.08 Å². The first-order valence-corrected chi connectivity index (χ1v) is 13.4. The summed E-state index contributed by atoms with van der Waals surface area (Å²) in [5.74, 6) is 0.682. The van der Waals surface area contributed by atoms with Gasteiger partial charge in [-0.3, -0.25) is 9.69 Å². The first-order valence-electron chi connectivity index (χ1n) is 10.7. The summed E-state index contributed by atoms with van der Waals surface area (Å²) in [6.45, 7) is 2.76. The molecule has 1 aliphatic heterocycles. The van der Waals surface area contributed by atoms with E-state index in [9.17, 15) is 9.18 Å². The zero-order chi connectivity index (χ0) is 24.9. The summed E-state index contributed by atoms with van der Waals surface area (Å²) in [5, 5.41) is 0.555. The molecule has 0 aromatic heterocycles. The summed E-state index contributed by atoms with van der Waals surface area (Å²) in [4.78, 5) is 19.7. The molecular formula is C26H21BrFIN2O3S. The quantitative estimate of drug-likeness (QED) is 0.195. The highest BCUT2D eigenvalue weighted by molar-refractivity contribution is 14.1. The van der Waals surface area contributed by atoms with Gasteiger partial charge in [0.05, 0.1) is 22.2 Å². The highest BCUT2D eigenvalue weighted by Gasteiger charge is 2.32. The van der Waals surface area contributed by atoms with Crippen LogP contribution in [-0.2, 0) is 11.4 Å². The molecule has 180 valence electrons. The van der Waals surface area contributed by atoms with Crippen LogP contribution in [0.3, 0.4) is 0 Å². The number of likely N-dealkylation sites (N-methyl/N-ethyl adjacent to an activating group) is 1. The minimum atomic E-state index is -0.331. The molecule has 1 heterocycles. The number of aliphatic imine (C=N–C) groups is 1. The van der Waals surface area contributed by atoms with Crippen molar-refractivity contribution in [2.24, 2.45) is 4.99 Å². The van der Waals surface area contributed by atoms with Crippen molar-refractivity contribution in [3.63, 3.8) is 0 Å². The molecule has 0 bridgehead atoms. The van der Waals surface area contributed by atoms with Crippen molar-refractivity contribution >= 4 is 73.1 Å². The van der Waals surface area contributed by atoms with Crippen LogP contribution >= 0.6 is 50.3 Å². The molecule has 1 amide bonds. The fourth-order valence-corrected chi connectivity index (χ4v) is 5.34. The number of rotatable bonds is 7. The molecule has 0 saturated carbocycles. The zero-order valence-electron chi connectivity index (χ0n) is 18.9. The molecule has 35 heavy (non-hydrogen) atoms. The summed E-state index contributed by atoms with van der Waals surface area (Å²) in [6.07, 6.45) is 1.80. The highest BCUT2D eigenvalue weighted by Crippen LogP contribution is 2.40. The SMILES string of the molecule is CCN1C(=O)/C(=C\c2cc(Br)c(OCc3ccc(I)cc3)c(OC)c2)SC1=Nc1ccc(F)cc1. The fourth-order valence-electron chi connectivity index (χ4n) is 3.35. The number of hydrogen-bond acceptors (Lipinski definition) is 5. The predicted octanol–water partition coefficient (Wildman–Crippen LogP) is 7.40. The average Bonchev–Trinajstić information content (AvgIpc) is 3.14. The Morgan fingerprint density at radius 3 is 2.51 bits per heavy atom. The first-order chi connectivity index (χ1) is 16.9. The van der Waals surface area contributed by atoms with E-state index in [1.165, 1.54) is 23.9 Å². The molecule has 1 aliphatic rings. The predicted molar refractivity (Wildman–Crippen MR) is 151 cm³/mol. The van der Waals surface area contributed by atoms with Crippen LogP contribution in [0.15, 0.2) is 75.0 Å². The van der Waals surface area contributed by atoms with E-state index < -0.39 is 0 Å². The van der Waals surface area contributed by atoms with Crippen molar-refractivity contribution in [1.29, 1.82) is 0 Å². The zero-order valence-corrected chi connectivity index (χ0v) is 23.5. The molecule has 0 spiro atoms. The van der Waals surface area contributed by atoms with E-state index in [0.29, 0.717) is 40.4 Å². The smallest absolute Gasteiger partial charge is 0.266 e. The lowest BCUT2D eigenvalue weighted by molar-refractivity contribution is -0.122. The van der Waals surface area contributed by atoms with E-state index in [4.69, 9.17) is 9.47 Å². The van der Waals surface area contributed by atoms with Gasteiger partial charge in [0, 0.05) is 10.1 Å². The second-order valence-electron chi connectivity index (χ2n) is 7.48. The van der Waals surface area contributed by atoms with Gasteiger partial charge in [-0.25, -0.2) is 9.38 Å². The minimum absolute atomic E-state index is 0.132. The lowest BCUT2D eigenvalue weighted by Gasteiger charge is -2.14. The molecule has 4 rings (SSSR count). The largest absolute Gasteiger partial charge is 0.493 e. The Balaban J connectivity index is 1.58. The monoisotopic (exact) mass is 666 g/mol. The number of hydrogen-bond donors (Lipinski definition) is 0. The maximum Gasteiger partial charge on any atom is 0.266 e. The van der Waals surface area contributed by atoms with Gasteiger partial charge in [0.25, 0.3) is 5.91 Å². The standard InChI is InChI=1S/C26H21BrFIN2O3S/c1-3-31-25(32)23(35-26(31)30-20-10-6-18(28)7-11-20)14-17-12-21(27)24(22(13-17)33-2)34-15-16-4-8-19(29)9-5-16/h4-14H,3,15H2,1-2H3/b23-14+,30-26?. The van der Waals surface area contributed by atoms with Gasteiger partial charge in [-0.15, -0.1) is 0 Å². The average molecular weight is 667 g/mol. The van der Waals surface area contributed by atoms with E-state index in [-0.39, 0.29) is 11.7 Å². The second-order valence-corrected chi connectivity index (χ2v) is 10.6. The normalized spacial score (nSPS) is 15.8. The molecule has 0 unspecified atom stereocenters. The number of carbonyl (C=O) groups is 1. The number of ether oxygens (including phenoxy) is 2. The number of nitrogens with zero attached hydrogens (tertiary/aromatic N) is 2. The maximum atomic E-state index is 13.2. The summed E-state index contributed by atoms with van der Waals surface area (Å²) in [5.41, 5.74) is 2.41. The molecule has 0 N–H and O–H groups in total. The van der Waals surface area contributed by atoms with Gasteiger partial charge in [0.1, 0.15) is 12.4 Å². The molecule has 1 saturated heterocycles. The topological polar surface area (TPSA) is 51.1 Å². The van der Waals surface area contributed by atoms with E-state index in [0.717, 1.165) is 19.2 Å². The molecule has 3 aromatic rings. The van der Waals surface area contributed by atoms with Gasteiger partial charge >= 0.3 is 0 Å².